The lowest BCUT2D eigenvalue weighted by molar-refractivity contribution is 0.447. The molecule has 0 aromatic heterocycles. The van der Waals surface area contributed by atoms with Gasteiger partial charge < -0.3 is 31.2 Å². The van der Waals surface area contributed by atoms with Gasteiger partial charge in [-0.1, -0.05) is 24.3 Å². The van der Waals surface area contributed by atoms with Crippen molar-refractivity contribution < 1.29 is 28.1 Å². The maximum Gasteiger partial charge on any atom is 0.213 e. The van der Waals surface area contributed by atoms with E-state index in [2.05, 4.69) is 0 Å². The normalized spacial score (nSPS) is 11.2. The van der Waals surface area contributed by atoms with Crippen LogP contribution in [0.25, 0.3) is 0 Å². The summed E-state index contributed by atoms with van der Waals surface area (Å²) >= 11 is 0. The number of aromatic hydroxyl groups is 2. The van der Waals surface area contributed by atoms with Gasteiger partial charge in [0.25, 0.3) is 0 Å². The fourth-order valence-corrected chi connectivity index (χ4v) is 4.56. The largest absolute Gasteiger partial charge is 0.506 e. The number of ether oxygens (including phenoxy) is 2. The number of benzene rings is 4. The van der Waals surface area contributed by atoms with Crippen LogP contribution < -0.4 is 20.9 Å². The zero-order valence-corrected chi connectivity index (χ0v) is 18.0. The van der Waals surface area contributed by atoms with Crippen LogP contribution in [-0.2, 0) is 9.84 Å². The van der Waals surface area contributed by atoms with E-state index in [1.165, 1.54) is 60.7 Å². The summed E-state index contributed by atoms with van der Waals surface area (Å²) in [4.78, 5) is -0.199. The smallest absolute Gasteiger partial charge is 0.213 e. The predicted molar refractivity (Wildman–Crippen MR) is 124 cm³/mol. The lowest BCUT2D eigenvalue weighted by Gasteiger charge is -2.15. The van der Waals surface area contributed by atoms with E-state index in [1.807, 2.05) is 0 Å². The Morgan fingerprint density at radius 1 is 0.606 bits per heavy atom. The third kappa shape index (κ3) is 4.48. The molecule has 4 rings (SSSR count). The van der Waals surface area contributed by atoms with Crippen molar-refractivity contribution in [2.24, 2.45) is 0 Å². The Morgan fingerprint density at radius 2 is 1.00 bits per heavy atom. The minimum atomic E-state index is -4.10. The molecule has 0 aliphatic carbocycles. The van der Waals surface area contributed by atoms with Gasteiger partial charge in [0, 0.05) is 12.1 Å². The van der Waals surface area contributed by atoms with Crippen molar-refractivity contribution >= 4 is 21.2 Å². The fraction of sp³-hybridized carbons (Fsp3) is 0. The van der Waals surface area contributed by atoms with E-state index in [4.69, 9.17) is 20.9 Å². The zero-order valence-electron chi connectivity index (χ0n) is 17.2. The lowest BCUT2D eigenvalue weighted by Crippen LogP contribution is -2.06. The molecule has 0 aliphatic rings. The van der Waals surface area contributed by atoms with Crippen molar-refractivity contribution in [3.8, 4) is 34.5 Å². The maximum absolute atomic E-state index is 13.6. The number of phenolic OH excluding ortho intramolecular Hbond substituents is 2. The predicted octanol–water partition coefficient (Wildman–Crippen LogP) is 4.68. The summed E-state index contributed by atoms with van der Waals surface area (Å²) in [5.74, 6) is 0.178. The van der Waals surface area contributed by atoms with Crippen molar-refractivity contribution in [1.29, 1.82) is 0 Å². The van der Waals surface area contributed by atoms with Gasteiger partial charge in [0.2, 0.25) is 9.84 Å². The van der Waals surface area contributed by atoms with E-state index in [1.54, 1.807) is 24.3 Å². The number of phenols is 2. The van der Waals surface area contributed by atoms with Gasteiger partial charge in [0.15, 0.2) is 0 Å². The first-order valence-corrected chi connectivity index (χ1v) is 11.2. The summed E-state index contributed by atoms with van der Waals surface area (Å²) in [7, 11) is -4.10. The number of rotatable bonds is 6. The van der Waals surface area contributed by atoms with Crippen LogP contribution in [0.5, 0.6) is 34.5 Å². The van der Waals surface area contributed by atoms with Crippen LogP contribution in [0.1, 0.15) is 0 Å². The minimum Gasteiger partial charge on any atom is -0.506 e. The first kappa shape index (κ1) is 21.8. The molecular formula is C24H20N2O6S. The van der Waals surface area contributed by atoms with Gasteiger partial charge in [-0.15, -0.1) is 0 Å². The Hall–Kier alpha value is -4.37. The molecule has 0 atom stereocenters. The first-order valence-electron chi connectivity index (χ1n) is 9.71. The summed E-state index contributed by atoms with van der Waals surface area (Å²) in [6, 6.07) is 20.8. The molecule has 4 aromatic rings. The molecule has 0 heterocycles. The molecule has 6 N–H and O–H groups in total. The number of nitrogen functional groups attached to an aromatic ring is 2. The monoisotopic (exact) mass is 464 g/mol. The van der Waals surface area contributed by atoms with E-state index in [0.29, 0.717) is 0 Å². The molecule has 0 radical (unpaired) electrons. The third-order valence-electron chi connectivity index (χ3n) is 4.74. The first-order chi connectivity index (χ1) is 15.8. The molecular weight excluding hydrogens is 444 g/mol. The SMILES string of the molecule is Nc1ccc(Oc2ccccc2S(=O)(=O)c2ccccc2Oc2ccc(N)c(O)c2)cc1O. The van der Waals surface area contributed by atoms with E-state index in [-0.39, 0.29) is 55.7 Å². The number of hydrogen-bond acceptors (Lipinski definition) is 8. The Bertz CT molecular complexity index is 1330. The van der Waals surface area contributed by atoms with Gasteiger partial charge in [-0.3, -0.25) is 0 Å². The van der Waals surface area contributed by atoms with Crippen molar-refractivity contribution in [3.63, 3.8) is 0 Å². The molecule has 168 valence electrons. The van der Waals surface area contributed by atoms with Gasteiger partial charge in [-0.25, -0.2) is 8.42 Å². The molecule has 8 nitrogen and oxygen atoms in total. The van der Waals surface area contributed by atoms with Gasteiger partial charge in [-0.2, -0.15) is 0 Å². The molecule has 0 spiro atoms. The summed E-state index contributed by atoms with van der Waals surface area (Å²) < 4.78 is 38.7. The van der Waals surface area contributed by atoms with Gasteiger partial charge >= 0.3 is 0 Å². The molecule has 0 saturated heterocycles. The molecule has 0 amide bonds. The van der Waals surface area contributed by atoms with E-state index in [0.717, 1.165) is 0 Å². The molecule has 0 bridgehead atoms. The molecule has 0 saturated carbocycles. The van der Waals surface area contributed by atoms with Gasteiger partial charge in [-0.05, 0) is 48.5 Å². The number of sulfone groups is 1. The van der Waals surface area contributed by atoms with E-state index in [9.17, 15) is 18.6 Å². The van der Waals surface area contributed by atoms with Crippen LogP contribution >= 0.6 is 0 Å². The van der Waals surface area contributed by atoms with E-state index < -0.39 is 9.84 Å². The van der Waals surface area contributed by atoms with Crippen LogP contribution in [0.4, 0.5) is 11.4 Å². The fourth-order valence-electron chi connectivity index (χ4n) is 3.06. The lowest BCUT2D eigenvalue weighted by atomic mass is 10.3. The molecule has 9 heteroatoms. The van der Waals surface area contributed by atoms with Crippen LogP contribution in [-0.4, -0.2) is 18.6 Å². The van der Waals surface area contributed by atoms with Crippen LogP contribution in [0.3, 0.4) is 0 Å². The second-order valence-corrected chi connectivity index (χ2v) is 8.93. The molecule has 33 heavy (non-hydrogen) atoms. The van der Waals surface area contributed by atoms with Crippen LogP contribution in [0, 0.1) is 0 Å². The number of para-hydroxylation sites is 2. The van der Waals surface area contributed by atoms with Gasteiger partial charge in [0.05, 0.1) is 11.4 Å². The molecule has 0 fully saturated rings. The van der Waals surface area contributed by atoms with Crippen molar-refractivity contribution in [2.45, 2.75) is 9.79 Å². The highest BCUT2D eigenvalue weighted by Crippen LogP contribution is 2.39. The quantitative estimate of drug-likeness (QED) is 0.238. The van der Waals surface area contributed by atoms with Crippen molar-refractivity contribution in [1.82, 2.24) is 0 Å². The highest BCUT2D eigenvalue weighted by Gasteiger charge is 2.26. The summed E-state index contributed by atoms with van der Waals surface area (Å²) in [6.07, 6.45) is 0. The van der Waals surface area contributed by atoms with Crippen molar-refractivity contribution in [2.75, 3.05) is 11.5 Å². The van der Waals surface area contributed by atoms with Gasteiger partial charge in [0.1, 0.15) is 44.3 Å². The Kier molecular flexibility index (Phi) is 5.72. The van der Waals surface area contributed by atoms with E-state index >= 15 is 0 Å². The Morgan fingerprint density at radius 3 is 1.39 bits per heavy atom. The Balaban J connectivity index is 1.74. The summed E-state index contributed by atoms with van der Waals surface area (Å²) in [5, 5.41) is 19.7. The number of anilines is 2. The second kappa shape index (κ2) is 8.64. The minimum absolute atomic E-state index is 0.0570. The zero-order chi connectivity index (χ0) is 23.6. The third-order valence-corrected chi connectivity index (χ3v) is 6.57. The maximum atomic E-state index is 13.6. The number of nitrogens with two attached hydrogens (primary N) is 2. The Labute approximate surface area is 190 Å². The molecule has 0 unspecified atom stereocenters. The highest BCUT2D eigenvalue weighted by molar-refractivity contribution is 7.91. The second-order valence-electron chi connectivity index (χ2n) is 7.04. The number of hydrogen-bond donors (Lipinski definition) is 4. The summed E-state index contributed by atoms with van der Waals surface area (Å²) in [5.41, 5.74) is 11.6. The summed E-state index contributed by atoms with van der Waals surface area (Å²) in [6.45, 7) is 0. The average molecular weight is 464 g/mol. The topological polar surface area (TPSA) is 145 Å². The molecule has 4 aromatic carbocycles. The van der Waals surface area contributed by atoms with Crippen LogP contribution in [0.15, 0.2) is 94.7 Å². The standard InChI is InChI=1S/C24H20N2O6S/c25-17-11-9-15(13-19(17)27)31-21-5-1-3-7-23(21)33(29,30)24-8-4-2-6-22(24)32-16-10-12-18(26)20(28)14-16/h1-14,27-28H,25-26H2. The average Bonchev–Trinajstić information content (AvgIpc) is 2.79. The van der Waals surface area contributed by atoms with Crippen LogP contribution in [0.2, 0.25) is 0 Å². The highest BCUT2D eigenvalue weighted by atomic mass is 32.2. The molecule has 0 aliphatic heterocycles. The van der Waals surface area contributed by atoms with Crippen molar-refractivity contribution in [3.05, 3.63) is 84.9 Å².